The lowest BCUT2D eigenvalue weighted by molar-refractivity contribution is 0.0600. The lowest BCUT2D eigenvalue weighted by Gasteiger charge is -2.08. The van der Waals surface area contributed by atoms with E-state index in [9.17, 15) is 14.0 Å². The molecule has 1 amide bonds. The number of carbonyl (C=O) groups excluding carboxylic acids is 2. The molecule has 3 rings (SSSR count). The molecule has 0 aliphatic heterocycles. The van der Waals surface area contributed by atoms with Gasteiger partial charge in [0.05, 0.1) is 24.6 Å². The third-order valence-electron chi connectivity index (χ3n) is 4.19. The molecule has 0 aliphatic rings. The number of benzene rings is 2. The summed E-state index contributed by atoms with van der Waals surface area (Å²) >= 11 is 0. The fourth-order valence-corrected chi connectivity index (χ4v) is 2.67. The Morgan fingerprint density at radius 2 is 1.83 bits per heavy atom. The summed E-state index contributed by atoms with van der Waals surface area (Å²) in [4.78, 5) is 28.1. The smallest absolute Gasteiger partial charge is 0.337 e. The van der Waals surface area contributed by atoms with Crippen molar-refractivity contribution in [2.24, 2.45) is 0 Å². The van der Waals surface area contributed by atoms with Crippen LogP contribution >= 0.6 is 0 Å². The van der Waals surface area contributed by atoms with Crippen molar-refractivity contribution in [3.05, 3.63) is 89.5 Å². The van der Waals surface area contributed by atoms with Crippen molar-refractivity contribution >= 4 is 23.3 Å². The van der Waals surface area contributed by atoms with Crippen molar-refractivity contribution in [1.82, 2.24) is 4.98 Å². The molecule has 3 aromatic rings. The van der Waals surface area contributed by atoms with Gasteiger partial charge in [-0.25, -0.2) is 14.2 Å². The second kappa shape index (κ2) is 9.45. The molecule has 0 fully saturated rings. The van der Waals surface area contributed by atoms with Crippen molar-refractivity contribution < 1.29 is 18.7 Å². The molecule has 0 spiro atoms. The number of hydrogen-bond acceptors (Lipinski definition) is 5. The van der Waals surface area contributed by atoms with Gasteiger partial charge in [-0.1, -0.05) is 18.2 Å². The minimum absolute atomic E-state index is 0.248. The minimum Gasteiger partial charge on any atom is -0.465 e. The lowest BCUT2D eigenvalue weighted by atomic mass is 10.1. The first-order valence-corrected chi connectivity index (χ1v) is 8.99. The third kappa shape index (κ3) is 5.62. The SMILES string of the molecule is COC(=O)c1cccc(NC(=O)c2ccc(NCCc3ccc(F)cc3)cn2)c1. The Morgan fingerprint density at radius 3 is 2.52 bits per heavy atom. The van der Waals surface area contributed by atoms with Gasteiger partial charge in [0.1, 0.15) is 11.5 Å². The predicted molar refractivity (Wildman–Crippen MR) is 109 cm³/mol. The van der Waals surface area contributed by atoms with Gasteiger partial charge < -0.3 is 15.4 Å². The number of nitrogens with zero attached hydrogens (tertiary/aromatic N) is 1. The summed E-state index contributed by atoms with van der Waals surface area (Å²) < 4.78 is 17.6. The summed E-state index contributed by atoms with van der Waals surface area (Å²) in [5.41, 5.74) is 2.87. The molecule has 0 radical (unpaired) electrons. The molecular formula is C22H20FN3O3. The first-order chi connectivity index (χ1) is 14.0. The van der Waals surface area contributed by atoms with Crippen LogP contribution in [0.3, 0.4) is 0 Å². The van der Waals surface area contributed by atoms with Gasteiger partial charge >= 0.3 is 5.97 Å². The first-order valence-electron chi connectivity index (χ1n) is 8.99. The topological polar surface area (TPSA) is 80.3 Å². The fourth-order valence-electron chi connectivity index (χ4n) is 2.67. The summed E-state index contributed by atoms with van der Waals surface area (Å²) in [5, 5.41) is 5.92. The fraction of sp³-hybridized carbons (Fsp3) is 0.136. The monoisotopic (exact) mass is 393 g/mol. The Hall–Kier alpha value is -3.74. The zero-order valence-corrected chi connectivity index (χ0v) is 15.8. The van der Waals surface area contributed by atoms with Gasteiger partial charge in [0.15, 0.2) is 0 Å². The Bertz CT molecular complexity index is 989. The molecule has 1 aromatic heterocycles. The third-order valence-corrected chi connectivity index (χ3v) is 4.19. The number of hydrogen-bond donors (Lipinski definition) is 2. The lowest BCUT2D eigenvalue weighted by Crippen LogP contribution is -2.14. The number of carbonyl (C=O) groups is 2. The molecule has 148 valence electrons. The standard InChI is InChI=1S/C22H20FN3O3/c1-29-22(28)16-3-2-4-18(13-16)26-21(27)20-10-9-19(14-25-20)24-12-11-15-5-7-17(23)8-6-15/h2-10,13-14,24H,11-12H2,1H3,(H,26,27). The van der Waals surface area contributed by atoms with E-state index in [1.807, 2.05) is 0 Å². The molecule has 0 atom stereocenters. The molecule has 29 heavy (non-hydrogen) atoms. The highest BCUT2D eigenvalue weighted by Crippen LogP contribution is 2.14. The number of nitrogens with one attached hydrogen (secondary N) is 2. The maximum absolute atomic E-state index is 12.9. The molecule has 1 heterocycles. The van der Waals surface area contributed by atoms with Crippen LogP contribution in [0.4, 0.5) is 15.8 Å². The quantitative estimate of drug-likeness (QED) is 0.595. The van der Waals surface area contributed by atoms with Crippen LogP contribution in [-0.2, 0) is 11.2 Å². The molecule has 2 N–H and O–H groups in total. The van der Waals surface area contributed by atoms with Crippen LogP contribution < -0.4 is 10.6 Å². The van der Waals surface area contributed by atoms with E-state index < -0.39 is 5.97 Å². The molecule has 6 nitrogen and oxygen atoms in total. The maximum atomic E-state index is 12.9. The average Bonchev–Trinajstić information content (AvgIpc) is 2.75. The highest BCUT2D eigenvalue weighted by molar-refractivity contribution is 6.03. The number of methoxy groups -OCH3 is 1. The van der Waals surface area contributed by atoms with Crippen LogP contribution in [0.1, 0.15) is 26.4 Å². The van der Waals surface area contributed by atoms with Gasteiger partial charge in [-0.15, -0.1) is 0 Å². The van der Waals surface area contributed by atoms with Gasteiger partial charge in [0, 0.05) is 12.2 Å². The van der Waals surface area contributed by atoms with E-state index in [1.165, 1.54) is 25.3 Å². The molecular weight excluding hydrogens is 373 g/mol. The number of amides is 1. The number of anilines is 2. The maximum Gasteiger partial charge on any atom is 0.337 e. The van der Waals surface area contributed by atoms with Gasteiger partial charge in [-0.3, -0.25) is 4.79 Å². The number of pyridine rings is 1. The van der Waals surface area contributed by atoms with E-state index in [0.717, 1.165) is 17.7 Å². The predicted octanol–water partition coefficient (Wildman–Crippen LogP) is 3.91. The number of aromatic nitrogens is 1. The number of ether oxygens (including phenoxy) is 1. The second-order valence-corrected chi connectivity index (χ2v) is 6.26. The van der Waals surface area contributed by atoms with Crippen molar-refractivity contribution in [3.63, 3.8) is 0 Å². The van der Waals surface area contributed by atoms with E-state index in [1.54, 1.807) is 48.7 Å². The number of rotatable bonds is 7. The van der Waals surface area contributed by atoms with E-state index in [0.29, 0.717) is 17.8 Å². The molecule has 2 aromatic carbocycles. The molecule has 0 aliphatic carbocycles. The first kappa shape index (κ1) is 20.0. The van der Waals surface area contributed by atoms with Crippen LogP contribution in [0.15, 0.2) is 66.9 Å². The van der Waals surface area contributed by atoms with E-state index >= 15 is 0 Å². The van der Waals surface area contributed by atoms with Crippen molar-refractivity contribution in [1.29, 1.82) is 0 Å². The van der Waals surface area contributed by atoms with Crippen LogP contribution in [0.5, 0.6) is 0 Å². The number of esters is 1. The van der Waals surface area contributed by atoms with Gasteiger partial charge in [0.2, 0.25) is 0 Å². The Kier molecular flexibility index (Phi) is 6.52. The molecule has 0 saturated carbocycles. The van der Waals surface area contributed by atoms with Crippen molar-refractivity contribution in [2.45, 2.75) is 6.42 Å². The highest BCUT2D eigenvalue weighted by atomic mass is 19.1. The van der Waals surface area contributed by atoms with Crippen LogP contribution in [0, 0.1) is 5.82 Å². The Morgan fingerprint density at radius 1 is 1.03 bits per heavy atom. The highest BCUT2D eigenvalue weighted by Gasteiger charge is 2.10. The van der Waals surface area contributed by atoms with Crippen LogP contribution in [0.2, 0.25) is 0 Å². The van der Waals surface area contributed by atoms with E-state index in [4.69, 9.17) is 0 Å². The average molecular weight is 393 g/mol. The number of halogens is 1. The molecule has 0 bridgehead atoms. The summed E-state index contributed by atoms with van der Waals surface area (Å²) in [5.74, 6) is -1.11. The van der Waals surface area contributed by atoms with E-state index in [2.05, 4.69) is 20.4 Å². The van der Waals surface area contributed by atoms with Gasteiger partial charge in [-0.05, 0) is 54.4 Å². The Balaban J connectivity index is 1.54. The van der Waals surface area contributed by atoms with Gasteiger partial charge in [-0.2, -0.15) is 0 Å². The zero-order valence-electron chi connectivity index (χ0n) is 15.8. The summed E-state index contributed by atoms with van der Waals surface area (Å²) in [6, 6.07) is 16.2. The van der Waals surface area contributed by atoms with Crippen LogP contribution in [-0.4, -0.2) is 30.5 Å². The summed E-state index contributed by atoms with van der Waals surface area (Å²) in [6.07, 6.45) is 2.31. The zero-order chi connectivity index (χ0) is 20.6. The van der Waals surface area contributed by atoms with E-state index in [-0.39, 0.29) is 17.4 Å². The molecule has 0 saturated heterocycles. The largest absolute Gasteiger partial charge is 0.465 e. The normalized spacial score (nSPS) is 10.3. The van der Waals surface area contributed by atoms with Crippen molar-refractivity contribution in [3.8, 4) is 0 Å². The summed E-state index contributed by atoms with van der Waals surface area (Å²) in [6.45, 7) is 0.652. The van der Waals surface area contributed by atoms with Crippen molar-refractivity contribution in [2.75, 3.05) is 24.3 Å². The van der Waals surface area contributed by atoms with Crippen LogP contribution in [0.25, 0.3) is 0 Å². The summed E-state index contributed by atoms with van der Waals surface area (Å²) in [7, 11) is 1.30. The molecule has 0 unspecified atom stereocenters. The van der Waals surface area contributed by atoms with Gasteiger partial charge in [0.25, 0.3) is 5.91 Å². The Labute approximate surface area is 167 Å². The second-order valence-electron chi connectivity index (χ2n) is 6.26. The molecule has 7 heteroatoms. The minimum atomic E-state index is -0.477.